The topological polar surface area (TPSA) is 74.0 Å². The van der Waals surface area contributed by atoms with E-state index in [1.54, 1.807) is 0 Å². The Balaban J connectivity index is 1.69. The summed E-state index contributed by atoms with van der Waals surface area (Å²) in [5.74, 6) is 1.37. The Bertz CT molecular complexity index is 861. The maximum Gasteiger partial charge on any atom is 0.306 e. The van der Waals surface area contributed by atoms with E-state index in [1.807, 2.05) is 70.2 Å². The monoisotopic (exact) mass is 412 g/mol. The molecule has 1 aliphatic heterocycles. The molecule has 0 amide bonds. The van der Waals surface area contributed by atoms with Crippen LogP contribution in [-0.2, 0) is 14.3 Å². The summed E-state index contributed by atoms with van der Waals surface area (Å²) in [5.41, 5.74) is 8.54. The SMILES string of the molecule is Cc1c(Oc2ccccc2)ccc(N)c1N1CCO[C@H](CCC(=O)OC(C)(C)C)C1. The second-order valence-electron chi connectivity index (χ2n) is 8.61. The molecule has 162 valence electrons. The molecule has 0 bridgehead atoms. The molecule has 0 aromatic heterocycles. The number of ether oxygens (including phenoxy) is 3. The van der Waals surface area contributed by atoms with Crippen LogP contribution < -0.4 is 15.4 Å². The van der Waals surface area contributed by atoms with Crippen molar-refractivity contribution in [2.45, 2.75) is 52.2 Å². The zero-order valence-corrected chi connectivity index (χ0v) is 18.3. The van der Waals surface area contributed by atoms with Crippen LogP contribution in [0.3, 0.4) is 0 Å². The van der Waals surface area contributed by atoms with Crippen LogP contribution in [0.15, 0.2) is 42.5 Å². The lowest BCUT2D eigenvalue weighted by atomic mass is 10.1. The Kier molecular flexibility index (Phi) is 6.87. The minimum absolute atomic E-state index is 0.0521. The molecule has 2 N–H and O–H groups in total. The van der Waals surface area contributed by atoms with Crippen molar-refractivity contribution in [3.05, 3.63) is 48.0 Å². The maximum atomic E-state index is 12.1. The number of nitrogen functional groups attached to an aromatic ring is 1. The number of para-hydroxylation sites is 1. The largest absolute Gasteiger partial charge is 0.460 e. The van der Waals surface area contributed by atoms with Crippen LogP contribution in [0.5, 0.6) is 11.5 Å². The van der Waals surface area contributed by atoms with Crippen LogP contribution in [0.25, 0.3) is 0 Å². The first-order valence-electron chi connectivity index (χ1n) is 10.4. The zero-order valence-electron chi connectivity index (χ0n) is 18.3. The molecule has 2 aromatic carbocycles. The fourth-order valence-electron chi connectivity index (χ4n) is 3.62. The van der Waals surface area contributed by atoms with Crippen LogP contribution in [0.1, 0.15) is 39.2 Å². The van der Waals surface area contributed by atoms with Crippen LogP contribution in [0.4, 0.5) is 11.4 Å². The number of esters is 1. The zero-order chi connectivity index (χ0) is 21.7. The van der Waals surface area contributed by atoms with Crippen LogP contribution in [0.2, 0.25) is 0 Å². The second-order valence-corrected chi connectivity index (χ2v) is 8.61. The molecule has 30 heavy (non-hydrogen) atoms. The number of anilines is 2. The first-order valence-corrected chi connectivity index (χ1v) is 10.4. The third kappa shape index (κ3) is 5.89. The molecule has 0 aliphatic carbocycles. The summed E-state index contributed by atoms with van der Waals surface area (Å²) in [6.45, 7) is 9.64. The molecule has 1 aliphatic rings. The van der Waals surface area contributed by atoms with Gasteiger partial charge in [-0.1, -0.05) is 18.2 Å². The van der Waals surface area contributed by atoms with Crippen LogP contribution >= 0.6 is 0 Å². The van der Waals surface area contributed by atoms with Gasteiger partial charge in [0.15, 0.2) is 0 Å². The van der Waals surface area contributed by atoms with E-state index in [-0.39, 0.29) is 12.1 Å². The summed E-state index contributed by atoms with van der Waals surface area (Å²) >= 11 is 0. The number of morpholine rings is 1. The van der Waals surface area contributed by atoms with E-state index in [4.69, 9.17) is 19.9 Å². The fourth-order valence-corrected chi connectivity index (χ4v) is 3.62. The van der Waals surface area contributed by atoms with Gasteiger partial charge in [0, 0.05) is 25.1 Å². The molecule has 0 radical (unpaired) electrons. The molecule has 6 nitrogen and oxygen atoms in total. The quantitative estimate of drug-likeness (QED) is 0.548. The predicted molar refractivity (Wildman–Crippen MR) is 119 cm³/mol. The van der Waals surface area contributed by atoms with Gasteiger partial charge in [-0.15, -0.1) is 0 Å². The molecule has 1 fully saturated rings. The summed E-state index contributed by atoms with van der Waals surface area (Å²) in [4.78, 5) is 14.3. The number of nitrogens with zero attached hydrogens (tertiary/aromatic N) is 1. The van der Waals surface area contributed by atoms with Crippen molar-refractivity contribution in [2.24, 2.45) is 0 Å². The maximum absolute atomic E-state index is 12.1. The van der Waals surface area contributed by atoms with E-state index < -0.39 is 5.60 Å². The number of carbonyl (C=O) groups is 1. The van der Waals surface area contributed by atoms with E-state index in [2.05, 4.69) is 4.90 Å². The number of carbonyl (C=O) groups excluding carboxylic acids is 1. The fraction of sp³-hybridized carbons (Fsp3) is 0.458. The molecule has 0 saturated carbocycles. The van der Waals surface area contributed by atoms with Gasteiger partial charge in [-0.25, -0.2) is 0 Å². The molecule has 6 heteroatoms. The minimum atomic E-state index is -0.471. The van der Waals surface area contributed by atoms with Gasteiger partial charge in [0.2, 0.25) is 0 Å². The lowest BCUT2D eigenvalue weighted by Crippen LogP contribution is -2.43. The van der Waals surface area contributed by atoms with Crippen molar-refractivity contribution < 1.29 is 19.0 Å². The number of nitrogens with two attached hydrogens (primary N) is 1. The Morgan fingerprint density at radius 2 is 1.93 bits per heavy atom. The van der Waals surface area contributed by atoms with Crippen molar-refractivity contribution in [2.75, 3.05) is 30.3 Å². The van der Waals surface area contributed by atoms with Gasteiger partial charge in [-0.05, 0) is 58.4 Å². The van der Waals surface area contributed by atoms with Gasteiger partial charge in [0.25, 0.3) is 0 Å². The summed E-state index contributed by atoms with van der Waals surface area (Å²) in [7, 11) is 0. The highest BCUT2D eigenvalue weighted by Crippen LogP contribution is 2.37. The third-order valence-corrected chi connectivity index (χ3v) is 4.93. The Morgan fingerprint density at radius 1 is 1.20 bits per heavy atom. The lowest BCUT2D eigenvalue weighted by Gasteiger charge is -2.36. The molecule has 1 saturated heterocycles. The number of benzene rings is 2. The van der Waals surface area contributed by atoms with Crippen LogP contribution in [-0.4, -0.2) is 37.4 Å². The van der Waals surface area contributed by atoms with E-state index in [1.165, 1.54) is 0 Å². The molecular formula is C24H32N2O4. The van der Waals surface area contributed by atoms with Gasteiger partial charge in [-0.2, -0.15) is 0 Å². The third-order valence-electron chi connectivity index (χ3n) is 4.93. The standard InChI is InChI=1S/C24H32N2O4/c1-17-21(29-18-8-6-5-7-9-18)12-11-20(25)23(17)26-14-15-28-19(16-26)10-13-22(27)30-24(2,3)4/h5-9,11-12,19H,10,13-16,25H2,1-4H3/t19-/m1/s1. The highest BCUT2D eigenvalue weighted by atomic mass is 16.6. The van der Waals surface area contributed by atoms with Crippen LogP contribution in [0, 0.1) is 6.92 Å². The van der Waals surface area contributed by atoms with Crippen molar-refractivity contribution in [3.8, 4) is 11.5 Å². The number of hydrogen-bond donors (Lipinski definition) is 1. The summed E-state index contributed by atoms with van der Waals surface area (Å²) in [6.07, 6.45) is 0.898. The van der Waals surface area contributed by atoms with Crippen molar-refractivity contribution in [1.29, 1.82) is 0 Å². The van der Waals surface area contributed by atoms with Gasteiger partial charge >= 0.3 is 5.97 Å². The Morgan fingerprint density at radius 3 is 2.63 bits per heavy atom. The van der Waals surface area contributed by atoms with Crippen molar-refractivity contribution in [1.82, 2.24) is 0 Å². The summed E-state index contributed by atoms with van der Waals surface area (Å²) < 4.78 is 17.4. The Labute approximate surface area is 178 Å². The smallest absolute Gasteiger partial charge is 0.306 e. The summed E-state index contributed by atoms with van der Waals surface area (Å²) in [5, 5.41) is 0. The van der Waals surface area contributed by atoms with Gasteiger partial charge in [0.05, 0.1) is 24.1 Å². The van der Waals surface area contributed by atoms with E-state index >= 15 is 0 Å². The minimum Gasteiger partial charge on any atom is -0.460 e. The Hall–Kier alpha value is -2.73. The highest BCUT2D eigenvalue weighted by molar-refractivity contribution is 5.75. The molecule has 3 rings (SSSR count). The average Bonchev–Trinajstić information content (AvgIpc) is 2.69. The second kappa shape index (κ2) is 9.39. The summed E-state index contributed by atoms with van der Waals surface area (Å²) in [6, 6.07) is 13.5. The van der Waals surface area contributed by atoms with E-state index in [9.17, 15) is 4.79 Å². The van der Waals surface area contributed by atoms with Crippen molar-refractivity contribution in [3.63, 3.8) is 0 Å². The van der Waals surface area contributed by atoms with Gasteiger partial charge in [0.1, 0.15) is 17.1 Å². The number of hydrogen-bond acceptors (Lipinski definition) is 6. The number of rotatable bonds is 6. The molecule has 0 spiro atoms. The molecule has 1 atom stereocenters. The van der Waals surface area contributed by atoms with E-state index in [0.29, 0.717) is 31.7 Å². The molecule has 0 unspecified atom stereocenters. The van der Waals surface area contributed by atoms with Crippen molar-refractivity contribution >= 4 is 17.3 Å². The normalized spacial score (nSPS) is 16.9. The first kappa shape index (κ1) is 22.0. The molecule has 1 heterocycles. The highest BCUT2D eigenvalue weighted by Gasteiger charge is 2.26. The predicted octanol–water partition coefficient (Wildman–Crippen LogP) is 4.70. The average molecular weight is 413 g/mol. The van der Waals surface area contributed by atoms with E-state index in [0.717, 1.165) is 29.3 Å². The lowest BCUT2D eigenvalue weighted by molar-refractivity contribution is -0.155. The van der Waals surface area contributed by atoms with Gasteiger partial charge in [-0.3, -0.25) is 4.79 Å². The molecule has 2 aromatic rings. The van der Waals surface area contributed by atoms with Gasteiger partial charge < -0.3 is 24.8 Å². The molecular weight excluding hydrogens is 380 g/mol. The first-order chi connectivity index (χ1) is 14.2.